The molecule has 0 aliphatic carbocycles. The molecule has 22 heavy (non-hydrogen) atoms. The van der Waals surface area contributed by atoms with Crippen LogP contribution >= 0.6 is 23.2 Å². The summed E-state index contributed by atoms with van der Waals surface area (Å²) in [6, 6.07) is 13.0. The molecule has 0 aromatic heterocycles. The number of amides is 2. The molecular formula is C16H14Cl2N2O2. The van der Waals surface area contributed by atoms with Crippen LogP contribution in [0.1, 0.15) is 15.9 Å². The van der Waals surface area contributed by atoms with Crippen LogP contribution in [0, 0.1) is 0 Å². The van der Waals surface area contributed by atoms with Crippen molar-refractivity contribution < 1.29 is 9.59 Å². The first-order valence-electron chi connectivity index (χ1n) is 6.56. The number of rotatable bonds is 5. The minimum Gasteiger partial charge on any atom is -0.368 e. The maximum absolute atomic E-state index is 12.2. The van der Waals surface area contributed by atoms with Gasteiger partial charge in [0.25, 0.3) is 5.91 Å². The average molecular weight is 337 g/mol. The Labute approximate surface area is 138 Å². The number of hydrogen-bond acceptors (Lipinski definition) is 2. The summed E-state index contributed by atoms with van der Waals surface area (Å²) in [6.07, 6.45) is 0.323. The summed E-state index contributed by atoms with van der Waals surface area (Å²) in [6.45, 7) is 0. The first-order chi connectivity index (χ1) is 10.5. The number of hydrogen-bond donors (Lipinski definition) is 2. The van der Waals surface area contributed by atoms with E-state index in [1.54, 1.807) is 0 Å². The second-order valence-corrected chi connectivity index (χ2v) is 5.56. The first-order valence-corrected chi connectivity index (χ1v) is 7.32. The Bertz CT molecular complexity index is 690. The Morgan fingerprint density at radius 1 is 1.05 bits per heavy atom. The van der Waals surface area contributed by atoms with Crippen molar-refractivity contribution in [1.82, 2.24) is 5.32 Å². The fraction of sp³-hybridized carbons (Fsp3) is 0.125. The lowest BCUT2D eigenvalue weighted by Gasteiger charge is -2.16. The highest BCUT2D eigenvalue weighted by atomic mass is 35.5. The maximum atomic E-state index is 12.2. The number of nitrogens with one attached hydrogen (secondary N) is 1. The molecule has 0 aliphatic heterocycles. The van der Waals surface area contributed by atoms with Gasteiger partial charge in [-0.1, -0.05) is 53.5 Å². The van der Waals surface area contributed by atoms with Crippen LogP contribution in [0.5, 0.6) is 0 Å². The molecule has 2 amide bonds. The van der Waals surface area contributed by atoms with E-state index in [2.05, 4.69) is 5.32 Å². The van der Waals surface area contributed by atoms with Gasteiger partial charge in [0.05, 0.1) is 10.0 Å². The lowest BCUT2D eigenvalue weighted by molar-refractivity contribution is -0.119. The molecule has 2 rings (SSSR count). The van der Waals surface area contributed by atoms with Crippen LogP contribution in [0.25, 0.3) is 0 Å². The summed E-state index contributed by atoms with van der Waals surface area (Å²) in [4.78, 5) is 23.7. The minimum atomic E-state index is -0.802. The summed E-state index contributed by atoms with van der Waals surface area (Å²) in [5.74, 6) is -1.03. The molecule has 0 fully saturated rings. The smallest absolute Gasteiger partial charge is 0.251 e. The predicted octanol–water partition coefficient (Wildman–Crippen LogP) is 2.82. The van der Waals surface area contributed by atoms with Crippen LogP contribution in [0.4, 0.5) is 0 Å². The van der Waals surface area contributed by atoms with E-state index in [9.17, 15) is 9.59 Å². The van der Waals surface area contributed by atoms with Gasteiger partial charge in [0.2, 0.25) is 5.91 Å². The summed E-state index contributed by atoms with van der Waals surface area (Å²) in [7, 11) is 0. The molecule has 0 unspecified atom stereocenters. The molecular weight excluding hydrogens is 323 g/mol. The zero-order valence-electron chi connectivity index (χ0n) is 11.6. The van der Waals surface area contributed by atoms with Gasteiger partial charge in [-0.15, -0.1) is 0 Å². The van der Waals surface area contributed by atoms with Gasteiger partial charge in [0.15, 0.2) is 0 Å². The van der Waals surface area contributed by atoms with E-state index in [1.165, 1.54) is 18.2 Å². The van der Waals surface area contributed by atoms with Crippen molar-refractivity contribution in [2.75, 3.05) is 0 Å². The maximum Gasteiger partial charge on any atom is 0.251 e. The second kappa shape index (κ2) is 7.29. The van der Waals surface area contributed by atoms with E-state index < -0.39 is 17.9 Å². The fourth-order valence-electron chi connectivity index (χ4n) is 1.95. The third kappa shape index (κ3) is 4.23. The monoisotopic (exact) mass is 336 g/mol. The quantitative estimate of drug-likeness (QED) is 0.881. The number of carbonyl (C=O) groups is 2. The zero-order valence-corrected chi connectivity index (χ0v) is 13.1. The second-order valence-electron chi connectivity index (χ2n) is 4.75. The number of primary amides is 1. The Morgan fingerprint density at radius 3 is 2.32 bits per heavy atom. The van der Waals surface area contributed by atoms with Crippen molar-refractivity contribution in [1.29, 1.82) is 0 Å². The average Bonchev–Trinajstić information content (AvgIpc) is 2.50. The van der Waals surface area contributed by atoms with Crippen molar-refractivity contribution in [2.24, 2.45) is 5.73 Å². The van der Waals surface area contributed by atoms with Crippen molar-refractivity contribution in [3.63, 3.8) is 0 Å². The van der Waals surface area contributed by atoms with E-state index in [0.717, 1.165) is 5.56 Å². The van der Waals surface area contributed by atoms with Crippen LogP contribution in [0.15, 0.2) is 48.5 Å². The van der Waals surface area contributed by atoms with Crippen LogP contribution in [-0.2, 0) is 11.2 Å². The molecule has 2 aromatic carbocycles. The van der Waals surface area contributed by atoms with Gasteiger partial charge in [0.1, 0.15) is 6.04 Å². The number of benzene rings is 2. The topological polar surface area (TPSA) is 72.2 Å². The molecule has 3 N–H and O–H groups in total. The summed E-state index contributed by atoms with van der Waals surface area (Å²) < 4.78 is 0. The highest BCUT2D eigenvalue weighted by Gasteiger charge is 2.19. The summed E-state index contributed by atoms with van der Waals surface area (Å²) in [5.41, 5.74) is 6.58. The van der Waals surface area contributed by atoms with Crippen LogP contribution < -0.4 is 11.1 Å². The lowest BCUT2D eigenvalue weighted by atomic mass is 10.0. The largest absolute Gasteiger partial charge is 0.368 e. The van der Waals surface area contributed by atoms with E-state index in [0.29, 0.717) is 17.0 Å². The van der Waals surface area contributed by atoms with Gasteiger partial charge in [-0.25, -0.2) is 0 Å². The molecule has 0 heterocycles. The Kier molecular flexibility index (Phi) is 5.41. The molecule has 1 atom stereocenters. The number of nitrogens with two attached hydrogens (primary N) is 1. The van der Waals surface area contributed by atoms with E-state index in [4.69, 9.17) is 28.9 Å². The fourth-order valence-corrected chi connectivity index (χ4v) is 2.25. The standard InChI is InChI=1S/C16H14Cl2N2O2/c17-12-7-6-11(9-13(12)18)16(22)20-14(15(19)21)8-10-4-2-1-3-5-10/h1-7,9,14H,8H2,(H2,19,21)(H,20,22)/t14-/m1/s1. The lowest BCUT2D eigenvalue weighted by Crippen LogP contribution is -2.45. The summed E-state index contributed by atoms with van der Waals surface area (Å²) in [5, 5.41) is 3.24. The van der Waals surface area contributed by atoms with Crippen LogP contribution in [-0.4, -0.2) is 17.9 Å². The van der Waals surface area contributed by atoms with Crippen molar-refractivity contribution in [3.05, 3.63) is 69.7 Å². The highest BCUT2D eigenvalue weighted by molar-refractivity contribution is 6.42. The molecule has 6 heteroatoms. The molecule has 0 spiro atoms. The van der Waals surface area contributed by atoms with Crippen molar-refractivity contribution in [2.45, 2.75) is 12.5 Å². The van der Waals surface area contributed by atoms with Crippen molar-refractivity contribution in [3.8, 4) is 0 Å². The third-order valence-corrected chi connectivity index (χ3v) is 3.85. The predicted molar refractivity (Wildman–Crippen MR) is 87.1 cm³/mol. The zero-order chi connectivity index (χ0) is 16.1. The molecule has 4 nitrogen and oxygen atoms in total. The molecule has 0 radical (unpaired) electrons. The normalized spacial score (nSPS) is 11.7. The molecule has 114 valence electrons. The number of carbonyl (C=O) groups excluding carboxylic acids is 2. The Hall–Kier alpha value is -2.04. The van der Waals surface area contributed by atoms with Gasteiger partial charge >= 0.3 is 0 Å². The molecule has 0 aliphatic rings. The molecule has 0 bridgehead atoms. The first kappa shape index (κ1) is 16.3. The Morgan fingerprint density at radius 2 is 1.73 bits per heavy atom. The van der Waals surface area contributed by atoms with Gasteiger partial charge < -0.3 is 11.1 Å². The van der Waals surface area contributed by atoms with E-state index >= 15 is 0 Å². The van der Waals surface area contributed by atoms with Crippen molar-refractivity contribution >= 4 is 35.0 Å². The summed E-state index contributed by atoms with van der Waals surface area (Å²) >= 11 is 11.7. The van der Waals surface area contributed by atoms with Gasteiger partial charge in [-0.2, -0.15) is 0 Å². The van der Waals surface area contributed by atoms with Crippen LogP contribution in [0.2, 0.25) is 10.0 Å². The molecule has 0 saturated heterocycles. The molecule has 0 saturated carbocycles. The highest BCUT2D eigenvalue weighted by Crippen LogP contribution is 2.22. The SMILES string of the molecule is NC(=O)[C@@H](Cc1ccccc1)NC(=O)c1ccc(Cl)c(Cl)c1. The van der Waals surface area contributed by atoms with E-state index in [1.807, 2.05) is 30.3 Å². The molecule has 2 aromatic rings. The third-order valence-electron chi connectivity index (χ3n) is 3.11. The minimum absolute atomic E-state index is 0.271. The number of halogens is 2. The van der Waals surface area contributed by atoms with Crippen LogP contribution in [0.3, 0.4) is 0 Å². The van der Waals surface area contributed by atoms with E-state index in [-0.39, 0.29) is 5.02 Å². The van der Waals surface area contributed by atoms with Gasteiger partial charge in [-0.05, 0) is 23.8 Å². The van der Waals surface area contributed by atoms with Gasteiger partial charge in [0, 0.05) is 12.0 Å². The Balaban J connectivity index is 2.12. The van der Waals surface area contributed by atoms with Gasteiger partial charge in [-0.3, -0.25) is 9.59 Å².